The van der Waals surface area contributed by atoms with Crippen LogP contribution in [-0.2, 0) is 6.54 Å². The minimum absolute atomic E-state index is 0.224. The van der Waals surface area contributed by atoms with E-state index in [4.69, 9.17) is 11.6 Å². The van der Waals surface area contributed by atoms with Crippen molar-refractivity contribution >= 4 is 17.3 Å². The molecule has 0 saturated carbocycles. The van der Waals surface area contributed by atoms with Crippen LogP contribution in [0, 0.1) is 12.7 Å². The van der Waals surface area contributed by atoms with Crippen molar-refractivity contribution in [3.63, 3.8) is 0 Å². The summed E-state index contributed by atoms with van der Waals surface area (Å²) in [4.78, 5) is 0. The Labute approximate surface area is 105 Å². The number of nitrogens with one attached hydrogen (secondary N) is 1. The monoisotopic (exact) mass is 249 g/mol. The molecule has 0 aliphatic carbocycles. The van der Waals surface area contributed by atoms with Gasteiger partial charge in [-0.3, -0.25) is 0 Å². The first-order valence-corrected chi connectivity index (χ1v) is 5.77. The lowest BCUT2D eigenvalue weighted by atomic mass is 10.1. The van der Waals surface area contributed by atoms with E-state index in [0.29, 0.717) is 6.54 Å². The lowest BCUT2D eigenvalue weighted by molar-refractivity contribution is 0.628. The largest absolute Gasteiger partial charge is 0.381 e. The second kappa shape index (κ2) is 5.19. The van der Waals surface area contributed by atoms with Crippen LogP contribution in [0.2, 0.25) is 5.02 Å². The summed E-state index contributed by atoms with van der Waals surface area (Å²) in [5, 5.41) is 3.98. The van der Waals surface area contributed by atoms with E-state index in [-0.39, 0.29) is 5.82 Å². The molecule has 0 atom stereocenters. The van der Waals surface area contributed by atoms with Gasteiger partial charge in [0.05, 0.1) is 0 Å². The van der Waals surface area contributed by atoms with Crippen LogP contribution in [0.1, 0.15) is 11.1 Å². The first kappa shape index (κ1) is 11.9. The highest BCUT2D eigenvalue weighted by Gasteiger charge is 1.99. The first-order valence-electron chi connectivity index (χ1n) is 5.39. The fourth-order valence-corrected chi connectivity index (χ4v) is 1.85. The molecule has 1 nitrogen and oxygen atoms in total. The van der Waals surface area contributed by atoms with Crippen LogP contribution in [0.15, 0.2) is 42.5 Å². The van der Waals surface area contributed by atoms with Gasteiger partial charge in [0.1, 0.15) is 5.82 Å². The Morgan fingerprint density at radius 3 is 2.47 bits per heavy atom. The normalized spacial score (nSPS) is 10.3. The molecule has 0 heterocycles. The Kier molecular flexibility index (Phi) is 3.64. The van der Waals surface area contributed by atoms with E-state index >= 15 is 0 Å². The summed E-state index contributed by atoms with van der Waals surface area (Å²) >= 11 is 5.89. The Bertz CT molecular complexity index is 508. The van der Waals surface area contributed by atoms with E-state index in [1.165, 1.54) is 17.7 Å². The van der Waals surface area contributed by atoms with Crippen LogP contribution in [-0.4, -0.2) is 0 Å². The zero-order chi connectivity index (χ0) is 12.3. The molecular formula is C14H13ClFN. The van der Waals surface area contributed by atoms with Gasteiger partial charge in [-0.2, -0.15) is 0 Å². The molecule has 0 radical (unpaired) electrons. The van der Waals surface area contributed by atoms with Crippen molar-refractivity contribution < 1.29 is 4.39 Å². The summed E-state index contributed by atoms with van der Waals surface area (Å²) in [7, 11) is 0. The van der Waals surface area contributed by atoms with E-state index in [0.717, 1.165) is 16.3 Å². The second-order valence-electron chi connectivity index (χ2n) is 3.93. The van der Waals surface area contributed by atoms with Crippen LogP contribution < -0.4 is 5.32 Å². The minimum Gasteiger partial charge on any atom is -0.381 e. The molecule has 17 heavy (non-hydrogen) atoms. The highest BCUT2D eigenvalue weighted by molar-refractivity contribution is 6.30. The minimum atomic E-state index is -0.224. The third-order valence-electron chi connectivity index (χ3n) is 2.63. The second-order valence-corrected chi connectivity index (χ2v) is 4.37. The zero-order valence-electron chi connectivity index (χ0n) is 9.50. The summed E-state index contributed by atoms with van der Waals surface area (Å²) in [5.74, 6) is -0.224. The van der Waals surface area contributed by atoms with Crippen LogP contribution in [0.5, 0.6) is 0 Å². The summed E-state index contributed by atoms with van der Waals surface area (Å²) in [6, 6.07) is 12.1. The Morgan fingerprint density at radius 1 is 1.12 bits per heavy atom. The topological polar surface area (TPSA) is 12.0 Å². The predicted molar refractivity (Wildman–Crippen MR) is 69.9 cm³/mol. The molecule has 0 saturated heterocycles. The Balaban J connectivity index is 2.04. The lowest BCUT2D eigenvalue weighted by Crippen LogP contribution is -2.01. The van der Waals surface area contributed by atoms with E-state index in [1.807, 2.05) is 25.1 Å². The highest BCUT2D eigenvalue weighted by atomic mass is 35.5. The Morgan fingerprint density at radius 2 is 1.82 bits per heavy atom. The van der Waals surface area contributed by atoms with Gasteiger partial charge in [-0.15, -0.1) is 0 Å². The third kappa shape index (κ3) is 3.21. The van der Waals surface area contributed by atoms with E-state index in [2.05, 4.69) is 5.32 Å². The van der Waals surface area contributed by atoms with Crippen LogP contribution in [0.4, 0.5) is 10.1 Å². The van der Waals surface area contributed by atoms with Crippen molar-refractivity contribution in [1.82, 2.24) is 0 Å². The van der Waals surface area contributed by atoms with Crippen LogP contribution in [0.25, 0.3) is 0 Å². The number of hydrogen-bond acceptors (Lipinski definition) is 1. The highest BCUT2D eigenvalue weighted by Crippen LogP contribution is 2.17. The molecule has 2 aromatic carbocycles. The molecule has 0 bridgehead atoms. The van der Waals surface area contributed by atoms with Gasteiger partial charge in [0.15, 0.2) is 0 Å². The van der Waals surface area contributed by atoms with Gasteiger partial charge in [-0.1, -0.05) is 17.7 Å². The standard InChI is InChI=1S/C14H13ClFN/c1-10-8-12(15)3-2-11(10)9-17-14-6-4-13(16)5-7-14/h2-8,17H,9H2,1H3. The molecule has 1 N–H and O–H groups in total. The molecule has 0 fully saturated rings. The number of hydrogen-bond donors (Lipinski definition) is 1. The molecule has 0 unspecified atom stereocenters. The van der Waals surface area contributed by atoms with Crippen molar-refractivity contribution in [2.45, 2.75) is 13.5 Å². The van der Waals surface area contributed by atoms with Crippen molar-refractivity contribution in [3.05, 3.63) is 64.4 Å². The maximum absolute atomic E-state index is 12.7. The van der Waals surface area contributed by atoms with Gasteiger partial charge in [0.2, 0.25) is 0 Å². The van der Waals surface area contributed by atoms with Gasteiger partial charge in [0, 0.05) is 17.3 Å². The average Bonchev–Trinajstić information content (AvgIpc) is 2.30. The van der Waals surface area contributed by atoms with E-state index < -0.39 is 0 Å². The van der Waals surface area contributed by atoms with E-state index in [9.17, 15) is 4.39 Å². The van der Waals surface area contributed by atoms with Gasteiger partial charge < -0.3 is 5.32 Å². The molecule has 0 aliphatic rings. The molecule has 0 aliphatic heterocycles. The maximum atomic E-state index is 12.7. The molecule has 0 spiro atoms. The fraction of sp³-hybridized carbons (Fsp3) is 0.143. The van der Waals surface area contributed by atoms with Gasteiger partial charge >= 0.3 is 0 Å². The lowest BCUT2D eigenvalue weighted by Gasteiger charge is -2.09. The van der Waals surface area contributed by atoms with Crippen LogP contribution >= 0.6 is 11.6 Å². The summed E-state index contributed by atoms with van der Waals surface area (Å²) in [6.07, 6.45) is 0. The smallest absolute Gasteiger partial charge is 0.123 e. The number of rotatable bonds is 3. The van der Waals surface area contributed by atoms with Crippen molar-refractivity contribution in [1.29, 1.82) is 0 Å². The molecule has 0 aromatic heterocycles. The van der Waals surface area contributed by atoms with Gasteiger partial charge in [0.25, 0.3) is 0 Å². The maximum Gasteiger partial charge on any atom is 0.123 e. The summed E-state index contributed by atoms with van der Waals surface area (Å²) < 4.78 is 12.7. The number of halogens is 2. The van der Waals surface area contributed by atoms with Crippen LogP contribution in [0.3, 0.4) is 0 Å². The first-order chi connectivity index (χ1) is 8.15. The fourth-order valence-electron chi connectivity index (χ4n) is 1.62. The number of benzene rings is 2. The van der Waals surface area contributed by atoms with Gasteiger partial charge in [-0.25, -0.2) is 4.39 Å². The molecular weight excluding hydrogens is 237 g/mol. The molecule has 88 valence electrons. The number of anilines is 1. The molecule has 3 heteroatoms. The quantitative estimate of drug-likeness (QED) is 0.850. The Hall–Kier alpha value is -1.54. The van der Waals surface area contributed by atoms with Gasteiger partial charge in [-0.05, 0) is 54.4 Å². The molecule has 0 amide bonds. The van der Waals surface area contributed by atoms with Crippen molar-refractivity contribution in [2.24, 2.45) is 0 Å². The molecule has 2 rings (SSSR count). The predicted octanol–water partition coefficient (Wildman–Crippen LogP) is 4.40. The zero-order valence-corrected chi connectivity index (χ0v) is 10.3. The summed E-state index contributed by atoms with van der Waals surface area (Å²) in [5.41, 5.74) is 3.23. The van der Waals surface area contributed by atoms with Crippen molar-refractivity contribution in [2.75, 3.05) is 5.32 Å². The van der Waals surface area contributed by atoms with E-state index in [1.54, 1.807) is 12.1 Å². The molecule has 2 aromatic rings. The van der Waals surface area contributed by atoms with Crippen molar-refractivity contribution in [3.8, 4) is 0 Å². The number of aryl methyl sites for hydroxylation is 1. The SMILES string of the molecule is Cc1cc(Cl)ccc1CNc1ccc(F)cc1. The third-order valence-corrected chi connectivity index (χ3v) is 2.87. The summed E-state index contributed by atoms with van der Waals surface area (Å²) in [6.45, 7) is 2.72. The average molecular weight is 250 g/mol.